The van der Waals surface area contributed by atoms with Gasteiger partial charge in [-0.3, -0.25) is 0 Å². The molecule has 0 atom stereocenters. The molecule has 1 N–H and O–H groups in total. The summed E-state index contributed by atoms with van der Waals surface area (Å²) in [5.41, 5.74) is 2.34. The topological polar surface area (TPSA) is 23.5 Å². The van der Waals surface area contributed by atoms with Crippen LogP contribution in [0.15, 0.2) is 18.2 Å². The van der Waals surface area contributed by atoms with Crippen LogP contribution in [0.5, 0.6) is 5.75 Å². The molecule has 0 aliphatic carbocycles. The maximum Gasteiger partial charge on any atom is 0.138 e. The van der Waals surface area contributed by atoms with Crippen molar-refractivity contribution in [3.8, 4) is 5.75 Å². The van der Waals surface area contributed by atoms with Gasteiger partial charge in [-0.15, -0.1) is 0 Å². The normalized spacial score (nSPS) is 12.9. The van der Waals surface area contributed by atoms with Crippen molar-refractivity contribution in [2.24, 2.45) is 10.8 Å². The fourth-order valence-corrected chi connectivity index (χ4v) is 3.52. The third kappa shape index (κ3) is 3.65. The standard InChI is InChI=1S/C17H29NO/c1-12-9-10-14(19)13(11-12)18(8)15(16(2,3)4)17(5,6)7/h9-11,15,19H,1-8H3. The Morgan fingerprint density at radius 1 is 1.00 bits per heavy atom. The second-order valence-corrected chi connectivity index (χ2v) is 7.74. The van der Waals surface area contributed by atoms with Gasteiger partial charge in [-0.1, -0.05) is 47.6 Å². The first kappa shape index (κ1) is 15.9. The number of aryl methyl sites for hydroxylation is 1. The molecular weight excluding hydrogens is 234 g/mol. The van der Waals surface area contributed by atoms with Crippen LogP contribution < -0.4 is 4.90 Å². The molecule has 108 valence electrons. The average Bonchev–Trinajstić information content (AvgIpc) is 2.17. The number of benzene rings is 1. The Kier molecular flexibility index (Phi) is 4.23. The number of phenolic OH excluding ortho intramolecular Hbond substituents is 1. The lowest BCUT2D eigenvalue weighted by atomic mass is 9.71. The van der Waals surface area contributed by atoms with Crippen molar-refractivity contribution >= 4 is 5.69 Å². The summed E-state index contributed by atoms with van der Waals surface area (Å²) in [6.07, 6.45) is 0. The van der Waals surface area contributed by atoms with E-state index in [1.54, 1.807) is 6.07 Å². The maximum atomic E-state index is 10.1. The van der Waals surface area contributed by atoms with Crippen molar-refractivity contribution < 1.29 is 5.11 Å². The Morgan fingerprint density at radius 3 is 1.89 bits per heavy atom. The van der Waals surface area contributed by atoms with Crippen LogP contribution in [-0.4, -0.2) is 18.2 Å². The predicted octanol–water partition coefficient (Wildman–Crippen LogP) is 4.60. The summed E-state index contributed by atoms with van der Waals surface area (Å²) in [5, 5.41) is 10.1. The van der Waals surface area contributed by atoms with Crippen LogP contribution in [0.3, 0.4) is 0 Å². The number of aromatic hydroxyl groups is 1. The zero-order valence-corrected chi connectivity index (χ0v) is 13.7. The Labute approximate surface area is 118 Å². The highest BCUT2D eigenvalue weighted by Crippen LogP contribution is 2.41. The van der Waals surface area contributed by atoms with E-state index in [4.69, 9.17) is 0 Å². The van der Waals surface area contributed by atoms with Gasteiger partial charge in [-0.2, -0.15) is 0 Å². The third-order valence-corrected chi connectivity index (χ3v) is 3.54. The minimum absolute atomic E-state index is 0.128. The molecule has 0 aliphatic heterocycles. The summed E-state index contributed by atoms with van der Waals surface area (Å²) in [7, 11) is 2.08. The van der Waals surface area contributed by atoms with Crippen molar-refractivity contribution in [2.75, 3.05) is 11.9 Å². The summed E-state index contributed by atoms with van der Waals surface area (Å²) in [4.78, 5) is 2.22. The second kappa shape index (κ2) is 5.07. The van der Waals surface area contributed by atoms with Crippen LogP contribution in [0.25, 0.3) is 0 Å². The average molecular weight is 263 g/mol. The first-order chi connectivity index (χ1) is 8.44. The SMILES string of the molecule is Cc1ccc(O)c(N(C)C(C(C)(C)C)C(C)(C)C)c1. The summed E-state index contributed by atoms with van der Waals surface area (Å²) in [5.74, 6) is 0.353. The molecule has 19 heavy (non-hydrogen) atoms. The Bertz CT molecular complexity index is 424. The molecule has 0 unspecified atom stereocenters. The van der Waals surface area contributed by atoms with E-state index in [0.717, 1.165) is 5.69 Å². The lowest BCUT2D eigenvalue weighted by molar-refractivity contribution is 0.173. The van der Waals surface area contributed by atoms with E-state index in [9.17, 15) is 5.11 Å². The van der Waals surface area contributed by atoms with E-state index in [1.165, 1.54) is 5.56 Å². The highest BCUT2D eigenvalue weighted by Gasteiger charge is 2.38. The zero-order valence-electron chi connectivity index (χ0n) is 13.7. The summed E-state index contributed by atoms with van der Waals surface area (Å²) < 4.78 is 0. The van der Waals surface area contributed by atoms with Gasteiger partial charge in [-0.25, -0.2) is 0 Å². The number of anilines is 1. The quantitative estimate of drug-likeness (QED) is 0.843. The van der Waals surface area contributed by atoms with Crippen molar-refractivity contribution in [2.45, 2.75) is 54.5 Å². The maximum absolute atomic E-state index is 10.1. The Morgan fingerprint density at radius 2 is 1.47 bits per heavy atom. The number of nitrogens with zero attached hydrogens (tertiary/aromatic N) is 1. The zero-order chi connectivity index (χ0) is 15.0. The van der Waals surface area contributed by atoms with Crippen molar-refractivity contribution in [3.63, 3.8) is 0 Å². The monoisotopic (exact) mass is 263 g/mol. The Balaban J connectivity index is 3.28. The molecule has 0 spiro atoms. The summed E-state index contributed by atoms with van der Waals surface area (Å²) >= 11 is 0. The number of rotatable bonds is 2. The highest BCUT2D eigenvalue weighted by atomic mass is 16.3. The van der Waals surface area contributed by atoms with Crippen LogP contribution in [0.4, 0.5) is 5.69 Å². The largest absolute Gasteiger partial charge is 0.506 e. The third-order valence-electron chi connectivity index (χ3n) is 3.54. The molecule has 0 bridgehead atoms. The lowest BCUT2D eigenvalue weighted by Gasteiger charge is -2.47. The van der Waals surface area contributed by atoms with Gasteiger partial charge >= 0.3 is 0 Å². The second-order valence-electron chi connectivity index (χ2n) is 7.74. The van der Waals surface area contributed by atoms with Crippen LogP contribution in [0, 0.1) is 17.8 Å². The van der Waals surface area contributed by atoms with Crippen molar-refractivity contribution in [3.05, 3.63) is 23.8 Å². The smallest absolute Gasteiger partial charge is 0.138 e. The molecule has 0 saturated heterocycles. The van der Waals surface area contributed by atoms with Crippen LogP contribution in [-0.2, 0) is 0 Å². The molecule has 0 fully saturated rings. The minimum atomic E-state index is 0.128. The van der Waals surface area contributed by atoms with Gasteiger partial charge in [0.2, 0.25) is 0 Å². The Hall–Kier alpha value is -1.18. The number of phenols is 1. The van der Waals surface area contributed by atoms with E-state index >= 15 is 0 Å². The van der Waals surface area contributed by atoms with Crippen LogP contribution in [0.2, 0.25) is 0 Å². The van der Waals surface area contributed by atoms with Crippen LogP contribution in [0.1, 0.15) is 47.1 Å². The molecule has 0 amide bonds. The molecule has 0 saturated carbocycles. The molecule has 1 rings (SSSR count). The molecule has 0 radical (unpaired) electrons. The van der Waals surface area contributed by atoms with E-state index in [2.05, 4.69) is 66.5 Å². The molecule has 0 aromatic heterocycles. The molecule has 2 nitrogen and oxygen atoms in total. The van der Waals surface area contributed by atoms with Gasteiger partial charge in [0.1, 0.15) is 5.75 Å². The minimum Gasteiger partial charge on any atom is -0.506 e. The molecule has 1 aromatic rings. The first-order valence-electron chi connectivity index (χ1n) is 6.97. The molecular formula is C17H29NO. The van der Waals surface area contributed by atoms with Gasteiger partial charge in [0.05, 0.1) is 5.69 Å². The van der Waals surface area contributed by atoms with E-state index in [1.807, 2.05) is 6.07 Å². The van der Waals surface area contributed by atoms with Gasteiger partial charge in [0.15, 0.2) is 0 Å². The highest BCUT2D eigenvalue weighted by molar-refractivity contribution is 5.59. The van der Waals surface area contributed by atoms with Gasteiger partial charge < -0.3 is 10.0 Å². The van der Waals surface area contributed by atoms with Crippen molar-refractivity contribution in [1.29, 1.82) is 0 Å². The van der Waals surface area contributed by atoms with E-state index in [0.29, 0.717) is 11.8 Å². The van der Waals surface area contributed by atoms with Crippen molar-refractivity contribution in [1.82, 2.24) is 0 Å². The molecule has 0 heterocycles. The fourth-order valence-electron chi connectivity index (χ4n) is 3.52. The number of hydrogen-bond acceptors (Lipinski definition) is 2. The van der Waals surface area contributed by atoms with Crippen LogP contribution >= 0.6 is 0 Å². The van der Waals surface area contributed by atoms with Gasteiger partial charge in [0.25, 0.3) is 0 Å². The predicted molar refractivity (Wildman–Crippen MR) is 83.9 cm³/mol. The lowest BCUT2D eigenvalue weighted by Crippen LogP contribution is -2.50. The first-order valence-corrected chi connectivity index (χ1v) is 6.97. The summed E-state index contributed by atoms with van der Waals surface area (Å²) in [6.45, 7) is 15.6. The van der Waals surface area contributed by atoms with Gasteiger partial charge in [-0.05, 0) is 35.4 Å². The fraction of sp³-hybridized carbons (Fsp3) is 0.647. The van der Waals surface area contributed by atoms with Gasteiger partial charge in [0, 0.05) is 13.1 Å². The summed E-state index contributed by atoms with van der Waals surface area (Å²) in [6, 6.07) is 6.10. The van der Waals surface area contributed by atoms with E-state index < -0.39 is 0 Å². The number of hydrogen-bond donors (Lipinski definition) is 1. The molecule has 0 aliphatic rings. The molecule has 2 heteroatoms. The van der Waals surface area contributed by atoms with E-state index in [-0.39, 0.29) is 10.8 Å². The molecule has 1 aromatic carbocycles.